The summed E-state index contributed by atoms with van der Waals surface area (Å²) in [6, 6.07) is 0.106. The van der Waals surface area contributed by atoms with Crippen LogP contribution in [0.5, 0.6) is 0 Å². The molecule has 0 heterocycles. The van der Waals surface area contributed by atoms with E-state index in [1.165, 1.54) is 0 Å². The molecule has 1 aliphatic rings. The van der Waals surface area contributed by atoms with Gasteiger partial charge in [-0.05, 0) is 33.6 Å². The van der Waals surface area contributed by atoms with Crippen molar-refractivity contribution in [3.05, 3.63) is 0 Å². The van der Waals surface area contributed by atoms with E-state index in [4.69, 9.17) is 11.2 Å². The molecule has 78 valence electrons. The molecule has 0 bridgehead atoms. The molecule has 0 aromatic rings. The topological polar surface area (TPSA) is 38.3 Å². The fourth-order valence-corrected chi connectivity index (χ4v) is 1.33. The van der Waals surface area contributed by atoms with Crippen molar-refractivity contribution in [3.63, 3.8) is 0 Å². The number of nitrogens with one attached hydrogen (secondary N) is 1. The highest BCUT2D eigenvalue weighted by atomic mass is 16.6. The third kappa shape index (κ3) is 2.95. The molecule has 1 fully saturated rings. The van der Waals surface area contributed by atoms with Crippen LogP contribution in [0.15, 0.2) is 0 Å². The molecule has 2 atom stereocenters. The van der Waals surface area contributed by atoms with Crippen LogP contribution < -0.4 is 5.32 Å². The van der Waals surface area contributed by atoms with E-state index >= 15 is 0 Å². The molecule has 1 aliphatic carbocycles. The summed E-state index contributed by atoms with van der Waals surface area (Å²) in [5, 5.41) is 2.77. The van der Waals surface area contributed by atoms with Gasteiger partial charge in [0.15, 0.2) is 0 Å². The molecule has 3 nitrogen and oxygen atoms in total. The van der Waals surface area contributed by atoms with Gasteiger partial charge in [0.1, 0.15) is 5.60 Å². The average molecular weight is 195 g/mol. The van der Waals surface area contributed by atoms with E-state index in [0.717, 1.165) is 12.8 Å². The summed E-state index contributed by atoms with van der Waals surface area (Å²) in [4.78, 5) is 11.3. The van der Waals surface area contributed by atoms with Crippen LogP contribution in [0.25, 0.3) is 0 Å². The maximum Gasteiger partial charge on any atom is 0.407 e. The smallest absolute Gasteiger partial charge is 0.407 e. The van der Waals surface area contributed by atoms with E-state index in [1.807, 2.05) is 20.8 Å². The minimum Gasteiger partial charge on any atom is -0.444 e. The van der Waals surface area contributed by atoms with Crippen LogP contribution in [0.1, 0.15) is 33.6 Å². The lowest BCUT2D eigenvalue weighted by atomic mass is 9.80. The van der Waals surface area contributed by atoms with E-state index in [9.17, 15) is 4.79 Å². The standard InChI is InChI=1S/C11H17NO2/c1-5-8-6-7-9(8)12-10(13)14-11(2,3)4/h1,8-9H,6-7H2,2-4H3,(H,12,13)/t8-,9+/m0/s1. The van der Waals surface area contributed by atoms with Gasteiger partial charge >= 0.3 is 6.09 Å². The monoisotopic (exact) mass is 195 g/mol. The van der Waals surface area contributed by atoms with Crippen LogP contribution in [0.4, 0.5) is 4.79 Å². The highest BCUT2D eigenvalue weighted by molar-refractivity contribution is 5.68. The summed E-state index contributed by atoms with van der Waals surface area (Å²) in [5.41, 5.74) is -0.445. The van der Waals surface area contributed by atoms with Crippen molar-refractivity contribution >= 4 is 6.09 Å². The predicted octanol–water partition coefficient (Wildman–Crippen LogP) is 1.92. The Morgan fingerprint density at radius 2 is 2.14 bits per heavy atom. The molecular formula is C11H17NO2. The van der Waals surface area contributed by atoms with E-state index in [0.29, 0.717) is 0 Å². The summed E-state index contributed by atoms with van der Waals surface area (Å²) >= 11 is 0. The van der Waals surface area contributed by atoms with Gasteiger partial charge in [0.2, 0.25) is 0 Å². The lowest BCUT2D eigenvalue weighted by Crippen LogP contribution is -2.47. The number of terminal acetylenes is 1. The van der Waals surface area contributed by atoms with Gasteiger partial charge in [0, 0.05) is 12.0 Å². The third-order valence-electron chi connectivity index (χ3n) is 2.19. The van der Waals surface area contributed by atoms with Gasteiger partial charge in [-0.3, -0.25) is 0 Å². The normalized spacial score (nSPS) is 25.9. The SMILES string of the molecule is C#C[C@H]1CC[C@H]1NC(=O)OC(C)(C)C. The molecular weight excluding hydrogens is 178 g/mol. The van der Waals surface area contributed by atoms with E-state index in [1.54, 1.807) is 0 Å². The Hall–Kier alpha value is -1.17. The molecule has 0 spiro atoms. The molecule has 0 aromatic heterocycles. The lowest BCUT2D eigenvalue weighted by Gasteiger charge is -2.34. The highest BCUT2D eigenvalue weighted by Crippen LogP contribution is 2.26. The van der Waals surface area contributed by atoms with Crippen molar-refractivity contribution in [2.24, 2.45) is 5.92 Å². The van der Waals surface area contributed by atoms with Crippen molar-refractivity contribution in [1.29, 1.82) is 0 Å². The van der Waals surface area contributed by atoms with Crippen LogP contribution in [-0.2, 0) is 4.74 Å². The Morgan fingerprint density at radius 3 is 2.50 bits per heavy atom. The Bertz CT molecular complexity index is 259. The molecule has 1 rings (SSSR count). The number of carbonyl (C=O) groups is 1. The van der Waals surface area contributed by atoms with Crippen LogP contribution in [0.2, 0.25) is 0 Å². The van der Waals surface area contributed by atoms with Crippen molar-refractivity contribution < 1.29 is 9.53 Å². The van der Waals surface area contributed by atoms with Crippen LogP contribution in [0.3, 0.4) is 0 Å². The van der Waals surface area contributed by atoms with Gasteiger partial charge in [0.25, 0.3) is 0 Å². The van der Waals surface area contributed by atoms with Gasteiger partial charge < -0.3 is 10.1 Å². The maximum atomic E-state index is 11.3. The molecule has 3 heteroatoms. The fourth-order valence-electron chi connectivity index (χ4n) is 1.33. The molecule has 1 N–H and O–H groups in total. The first-order valence-electron chi connectivity index (χ1n) is 4.88. The summed E-state index contributed by atoms with van der Waals surface area (Å²) in [5.74, 6) is 2.83. The number of rotatable bonds is 1. The van der Waals surface area contributed by atoms with E-state index in [2.05, 4.69) is 11.2 Å². The van der Waals surface area contributed by atoms with Crippen molar-refractivity contribution in [3.8, 4) is 12.3 Å². The Kier molecular flexibility index (Phi) is 3.05. The number of alkyl carbamates (subject to hydrolysis) is 1. The minimum absolute atomic E-state index is 0.106. The zero-order valence-corrected chi connectivity index (χ0v) is 8.96. The second-order valence-corrected chi connectivity index (χ2v) is 4.60. The molecule has 1 amide bonds. The Morgan fingerprint density at radius 1 is 1.50 bits per heavy atom. The van der Waals surface area contributed by atoms with E-state index in [-0.39, 0.29) is 18.1 Å². The van der Waals surface area contributed by atoms with Crippen molar-refractivity contribution in [2.75, 3.05) is 0 Å². The number of hydrogen-bond acceptors (Lipinski definition) is 2. The second kappa shape index (κ2) is 3.91. The first-order valence-corrected chi connectivity index (χ1v) is 4.88. The molecule has 0 aliphatic heterocycles. The Labute approximate surface area is 85.2 Å². The van der Waals surface area contributed by atoms with Crippen molar-refractivity contribution in [2.45, 2.75) is 45.3 Å². The van der Waals surface area contributed by atoms with Gasteiger partial charge in [0.05, 0.1) is 0 Å². The third-order valence-corrected chi connectivity index (χ3v) is 2.19. The number of amides is 1. The van der Waals surface area contributed by atoms with Gasteiger partial charge in [-0.15, -0.1) is 12.3 Å². The highest BCUT2D eigenvalue weighted by Gasteiger charge is 2.31. The maximum absolute atomic E-state index is 11.3. The minimum atomic E-state index is -0.445. The lowest BCUT2D eigenvalue weighted by molar-refractivity contribution is 0.0460. The van der Waals surface area contributed by atoms with Crippen LogP contribution in [-0.4, -0.2) is 17.7 Å². The fraction of sp³-hybridized carbons (Fsp3) is 0.727. The number of hydrogen-bond donors (Lipinski definition) is 1. The van der Waals surface area contributed by atoms with Gasteiger partial charge in [-0.2, -0.15) is 0 Å². The first-order chi connectivity index (χ1) is 6.42. The molecule has 0 aromatic carbocycles. The summed E-state index contributed by atoms with van der Waals surface area (Å²) in [6.45, 7) is 5.52. The van der Waals surface area contributed by atoms with Crippen LogP contribution >= 0.6 is 0 Å². The number of ether oxygens (including phenoxy) is 1. The second-order valence-electron chi connectivity index (χ2n) is 4.60. The molecule has 14 heavy (non-hydrogen) atoms. The summed E-state index contributed by atoms with van der Waals surface area (Å²) in [7, 11) is 0. The Balaban J connectivity index is 2.32. The molecule has 0 unspecified atom stereocenters. The van der Waals surface area contributed by atoms with Crippen molar-refractivity contribution in [1.82, 2.24) is 5.32 Å². The quantitative estimate of drug-likeness (QED) is 0.649. The van der Waals surface area contributed by atoms with Gasteiger partial charge in [-0.25, -0.2) is 4.79 Å². The molecule has 1 saturated carbocycles. The summed E-state index contributed by atoms with van der Waals surface area (Å²) in [6.07, 6.45) is 6.86. The largest absolute Gasteiger partial charge is 0.444 e. The van der Waals surface area contributed by atoms with Crippen LogP contribution in [0, 0.1) is 18.3 Å². The van der Waals surface area contributed by atoms with E-state index < -0.39 is 5.60 Å². The predicted molar refractivity (Wildman–Crippen MR) is 54.7 cm³/mol. The number of carbonyl (C=O) groups excluding carboxylic acids is 1. The first kappa shape index (κ1) is 10.9. The van der Waals surface area contributed by atoms with Gasteiger partial charge in [-0.1, -0.05) is 0 Å². The molecule has 0 radical (unpaired) electrons. The summed E-state index contributed by atoms with van der Waals surface area (Å²) < 4.78 is 5.12. The zero-order valence-electron chi connectivity index (χ0n) is 8.96. The zero-order chi connectivity index (χ0) is 10.8. The average Bonchev–Trinajstić information content (AvgIpc) is 1.96. The molecule has 0 saturated heterocycles.